The van der Waals surface area contributed by atoms with Gasteiger partial charge < -0.3 is 5.11 Å². The van der Waals surface area contributed by atoms with Crippen molar-refractivity contribution >= 4 is 21.8 Å². The van der Waals surface area contributed by atoms with Gasteiger partial charge in [-0.3, -0.25) is 0 Å². The van der Waals surface area contributed by atoms with Crippen LogP contribution in [0.3, 0.4) is 0 Å². The van der Waals surface area contributed by atoms with Gasteiger partial charge in [0.25, 0.3) is 0 Å². The van der Waals surface area contributed by atoms with E-state index in [1.165, 1.54) is 46.6 Å². The van der Waals surface area contributed by atoms with Gasteiger partial charge in [0.1, 0.15) is 6.10 Å². The fourth-order valence-corrected chi connectivity index (χ4v) is 3.63. The maximum atomic E-state index is 10.6. The molecule has 24 heavy (non-hydrogen) atoms. The first kappa shape index (κ1) is 16.9. The molecule has 126 valence electrons. The van der Waals surface area contributed by atoms with Gasteiger partial charge in [-0.05, 0) is 31.0 Å². The van der Waals surface area contributed by atoms with E-state index in [9.17, 15) is 5.11 Å². The van der Waals surface area contributed by atoms with Gasteiger partial charge in [0.05, 0.1) is 0 Å². The van der Waals surface area contributed by atoms with Crippen LogP contribution in [-0.2, 0) is 6.54 Å². The summed E-state index contributed by atoms with van der Waals surface area (Å²) in [7, 11) is 0. The summed E-state index contributed by atoms with van der Waals surface area (Å²) in [5.41, 5.74) is 3.73. The Bertz CT molecular complexity index is 768. The Kier molecular flexibility index (Phi) is 5.47. The van der Waals surface area contributed by atoms with Crippen molar-refractivity contribution in [1.29, 1.82) is 0 Å². The minimum Gasteiger partial charge on any atom is -0.387 e. The molecule has 3 rings (SSSR count). The molecule has 0 saturated carbocycles. The fourth-order valence-electron chi connectivity index (χ4n) is 3.63. The topological polar surface area (TPSA) is 24.1 Å². The number of para-hydroxylation sites is 2. The van der Waals surface area contributed by atoms with Crippen LogP contribution in [0.5, 0.6) is 0 Å². The molecule has 0 aliphatic carbocycles. The third-order valence-electron chi connectivity index (χ3n) is 4.98. The highest BCUT2D eigenvalue weighted by atomic mass is 16.3. The van der Waals surface area contributed by atoms with Gasteiger partial charge in [-0.2, -0.15) is 4.57 Å². The van der Waals surface area contributed by atoms with Crippen LogP contribution < -0.4 is 4.57 Å². The molecule has 0 aliphatic rings. The molecule has 0 radical (unpaired) electrons. The minimum absolute atomic E-state index is 0.290. The molecule has 2 nitrogen and oxygen atoms in total. The summed E-state index contributed by atoms with van der Waals surface area (Å²) < 4.78 is 2.29. The number of rotatable bonds is 7. The number of aliphatic hydroxyl groups excluding tert-OH is 1. The maximum Gasteiger partial charge on any atom is 0.213 e. The van der Waals surface area contributed by atoms with E-state index in [2.05, 4.69) is 66.9 Å². The average molecular weight is 322 g/mol. The van der Waals surface area contributed by atoms with E-state index >= 15 is 0 Å². The second-order valence-electron chi connectivity index (χ2n) is 6.77. The summed E-state index contributed by atoms with van der Waals surface area (Å²) in [5.74, 6) is 0. The normalized spacial score (nSPS) is 12.8. The van der Waals surface area contributed by atoms with Gasteiger partial charge in [0, 0.05) is 22.9 Å². The molecule has 0 fully saturated rings. The molecule has 0 saturated heterocycles. The minimum atomic E-state index is -0.290. The first-order chi connectivity index (χ1) is 11.7. The number of nitrogens with zero attached hydrogens (tertiary/aromatic N) is 1. The second kappa shape index (κ2) is 7.76. The molecule has 1 unspecified atom stereocenters. The predicted molar refractivity (Wildman–Crippen MR) is 101 cm³/mol. The smallest absolute Gasteiger partial charge is 0.213 e. The third-order valence-corrected chi connectivity index (χ3v) is 4.98. The van der Waals surface area contributed by atoms with Crippen LogP contribution in [0.15, 0.2) is 48.5 Å². The number of fused-ring (bicyclic) bond motifs is 2. The zero-order valence-electron chi connectivity index (χ0n) is 14.8. The zero-order valence-corrected chi connectivity index (χ0v) is 14.8. The van der Waals surface area contributed by atoms with Crippen LogP contribution >= 0.6 is 0 Å². The number of aryl methyl sites for hydroxylation is 1. The number of aliphatic hydroxyl groups is 1. The number of benzene rings is 2. The SMILES string of the molecule is CCCCCCC(O)C[n+]1c2ccccc2c(C)c2ccccc21. The lowest BCUT2D eigenvalue weighted by Crippen LogP contribution is -2.41. The van der Waals surface area contributed by atoms with E-state index in [1.807, 2.05) is 0 Å². The first-order valence-corrected chi connectivity index (χ1v) is 9.20. The Morgan fingerprint density at radius 2 is 1.46 bits per heavy atom. The molecule has 2 heteroatoms. The summed E-state index contributed by atoms with van der Waals surface area (Å²) in [6, 6.07) is 17.0. The maximum absolute atomic E-state index is 10.6. The lowest BCUT2D eigenvalue weighted by Gasteiger charge is -2.12. The summed E-state index contributed by atoms with van der Waals surface area (Å²) >= 11 is 0. The number of unbranched alkanes of at least 4 members (excludes halogenated alkanes) is 3. The second-order valence-corrected chi connectivity index (χ2v) is 6.77. The van der Waals surface area contributed by atoms with Gasteiger partial charge in [0.15, 0.2) is 6.54 Å². The lowest BCUT2D eigenvalue weighted by molar-refractivity contribution is -0.653. The number of pyridine rings is 1. The van der Waals surface area contributed by atoms with Crippen LogP contribution in [0.1, 0.15) is 44.6 Å². The number of hydrogen-bond donors (Lipinski definition) is 1. The molecule has 1 heterocycles. The van der Waals surface area contributed by atoms with Gasteiger partial charge in [-0.1, -0.05) is 56.9 Å². The summed E-state index contributed by atoms with van der Waals surface area (Å²) in [6.07, 6.45) is 5.41. The van der Waals surface area contributed by atoms with Crippen LogP contribution in [0.4, 0.5) is 0 Å². The quantitative estimate of drug-likeness (QED) is 0.372. The van der Waals surface area contributed by atoms with Crippen LogP contribution in [0, 0.1) is 6.92 Å². The molecule has 1 atom stereocenters. The summed E-state index contributed by atoms with van der Waals surface area (Å²) in [5, 5.41) is 13.1. The van der Waals surface area contributed by atoms with E-state index < -0.39 is 0 Å². The monoisotopic (exact) mass is 322 g/mol. The van der Waals surface area contributed by atoms with Crippen LogP contribution in [0.25, 0.3) is 21.8 Å². The van der Waals surface area contributed by atoms with E-state index in [0.717, 1.165) is 12.8 Å². The Morgan fingerprint density at radius 3 is 2.04 bits per heavy atom. The number of hydrogen-bond acceptors (Lipinski definition) is 1. The van der Waals surface area contributed by atoms with Crippen LogP contribution in [-0.4, -0.2) is 11.2 Å². The molecule has 0 bridgehead atoms. The van der Waals surface area contributed by atoms with Gasteiger partial charge >= 0.3 is 0 Å². The first-order valence-electron chi connectivity index (χ1n) is 9.20. The van der Waals surface area contributed by atoms with Gasteiger partial charge in [0.2, 0.25) is 11.0 Å². The van der Waals surface area contributed by atoms with Gasteiger partial charge in [-0.25, -0.2) is 0 Å². The standard InChI is InChI=1S/C22H28NO/c1-3-4-5-6-11-18(24)16-23-21-14-9-7-12-19(21)17(2)20-13-8-10-15-22(20)23/h7-10,12-15,18,24H,3-6,11,16H2,1-2H3/q+1. The van der Waals surface area contributed by atoms with Crippen molar-refractivity contribution in [3.63, 3.8) is 0 Å². The van der Waals surface area contributed by atoms with E-state index in [4.69, 9.17) is 0 Å². The molecule has 2 aromatic carbocycles. The molecule has 1 aromatic heterocycles. The van der Waals surface area contributed by atoms with Crippen molar-refractivity contribution in [1.82, 2.24) is 0 Å². The van der Waals surface area contributed by atoms with Crippen molar-refractivity contribution in [3.05, 3.63) is 54.1 Å². The molecular formula is C22H28NO+. The third kappa shape index (κ3) is 3.44. The van der Waals surface area contributed by atoms with Crippen molar-refractivity contribution < 1.29 is 9.67 Å². The van der Waals surface area contributed by atoms with E-state index in [1.54, 1.807) is 0 Å². The van der Waals surface area contributed by atoms with E-state index in [0.29, 0.717) is 6.54 Å². The molecule has 0 amide bonds. The molecule has 1 N–H and O–H groups in total. The van der Waals surface area contributed by atoms with Crippen molar-refractivity contribution in [2.45, 2.75) is 58.6 Å². The van der Waals surface area contributed by atoms with Crippen molar-refractivity contribution in [2.24, 2.45) is 0 Å². The van der Waals surface area contributed by atoms with Crippen LogP contribution in [0.2, 0.25) is 0 Å². The highest BCUT2D eigenvalue weighted by molar-refractivity contribution is 5.93. The average Bonchev–Trinajstić information content (AvgIpc) is 2.62. The molecule has 3 aromatic rings. The molecule has 0 aliphatic heterocycles. The highest BCUT2D eigenvalue weighted by Crippen LogP contribution is 2.24. The molecule has 0 spiro atoms. The Labute approximate surface area is 144 Å². The van der Waals surface area contributed by atoms with Crippen molar-refractivity contribution in [2.75, 3.05) is 0 Å². The highest BCUT2D eigenvalue weighted by Gasteiger charge is 2.20. The van der Waals surface area contributed by atoms with E-state index in [-0.39, 0.29) is 6.10 Å². The zero-order chi connectivity index (χ0) is 16.9. The summed E-state index contributed by atoms with van der Waals surface area (Å²) in [6.45, 7) is 5.07. The van der Waals surface area contributed by atoms with Gasteiger partial charge in [-0.15, -0.1) is 0 Å². The fraction of sp³-hybridized carbons (Fsp3) is 0.409. The van der Waals surface area contributed by atoms with Crippen molar-refractivity contribution in [3.8, 4) is 0 Å². The molecular weight excluding hydrogens is 294 g/mol. The Balaban J connectivity index is 1.97. The predicted octanol–water partition coefficient (Wildman–Crippen LogP) is 4.92. The Morgan fingerprint density at radius 1 is 0.875 bits per heavy atom. The summed E-state index contributed by atoms with van der Waals surface area (Å²) in [4.78, 5) is 0. The number of aromatic nitrogens is 1. The Hall–Kier alpha value is -1.93. The lowest BCUT2D eigenvalue weighted by atomic mass is 10.0. The largest absolute Gasteiger partial charge is 0.387 e.